The zero-order valence-corrected chi connectivity index (χ0v) is 8.38. The molecule has 0 saturated heterocycles. The van der Waals surface area contributed by atoms with Gasteiger partial charge >= 0.3 is 6.18 Å². The van der Waals surface area contributed by atoms with Crippen molar-refractivity contribution >= 4 is 0 Å². The van der Waals surface area contributed by atoms with Crippen molar-refractivity contribution in [1.29, 1.82) is 0 Å². The quantitative estimate of drug-likeness (QED) is 0.697. The Bertz CT molecular complexity index is 353. The van der Waals surface area contributed by atoms with E-state index in [2.05, 4.69) is 11.9 Å². The molecule has 1 saturated carbocycles. The van der Waals surface area contributed by atoms with Gasteiger partial charge in [0.1, 0.15) is 5.69 Å². The highest BCUT2D eigenvalue weighted by Crippen LogP contribution is 2.42. The van der Waals surface area contributed by atoms with Gasteiger partial charge in [0.05, 0.1) is 0 Å². The van der Waals surface area contributed by atoms with Crippen LogP contribution < -0.4 is 0 Å². The molecule has 0 amide bonds. The molecule has 0 unspecified atom stereocenters. The van der Waals surface area contributed by atoms with Gasteiger partial charge in [0, 0.05) is 6.20 Å². The van der Waals surface area contributed by atoms with Crippen molar-refractivity contribution < 1.29 is 13.2 Å². The van der Waals surface area contributed by atoms with Gasteiger partial charge < -0.3 is 0 Å². The van der Waals surface area contributed by atoms with Gasteiger partial charge in [-0.1, -0.05) is 6.92 Å². The lowest BCUT2D eigenvalue weighted by Crippen LogP contribution is -2.19. The molecule has 0 atom stereocenters. The van der Waals surface area contributed by atoms with Gasteiger partial charge in [0.2, 0.25) is 0 Å². The Morgan fingerprint density at radius 1 is 1.33 bits per heavy atom. The summed E-state index contributed by atoms with van der Waals surface area (Å²) >= 11 is 0. The lowest BCUT2D eigenvalue weighted by Gasteiger charge is -2.33. The van der Waals surface area contributed by atoms with Gasteiger partial charge in [-0.2, -0.15) is 13.2 Å². The van der Waals surface area contributed by atoms with Gasteiger partial charge in [-0.25, -0.2) is 0 Å². The predicted octanol–water partition coefficient (Wildman–Crippen LogP) is 3.61. The van der Waals surface area contributed by atoms with E-state index < -0.39 is 11.9 Å². The molecule has 82 valence electrons. The van der Waals surface area contributed by atoms with E-state index in [0.717, 1.165) is 18.4 Å². The third kappa shape index (κ3) is 2.13. The lowest BCUT2D eigenvalue weighted by atomic mass is 9.72. The molecule has 0 aromatic carbocycles. The van der Waals surface area contributed by atoms with Crippen LogP contribution in [-0.2, 0) is 6.18 Å². The second kappa shape index (κ2) is 3.51. The van der Waals surface area contributed by atoms with Crippen LogP contribution in [0.1, 0.15) is 36.9 Å². The fraction of sp³-hybridized carbons (Fsp3) is 0.545. The van der Waals surface area contributed by atoms with E-state index in [9.17, 15) is 13.2 Å². The first-order chi connectivity index (χ1) is 6.97. The summed E-state index contributed by atoms with van der Waals surface area (Å²) in [6, 6.07) is 2.86. The SMILES string of the molecule is CC1CC(c2ccnc(C(F)(F)F)c2)C1. The molecule has 4 heteroatoms. The number of halogens is 3. The highest BCUT2D eigenvalue weighted by Gasteiger charge is 2.34. The topological polar surface area (TPSA) is 12.9 Å². The first kappa shape index (κ1) is 10.5. The Morgan fingerprint density at radius 2 is 2.00 bits per heavy atom. The Kier molecular flexibility index (Phi) is 2.44. The van der Waals surface area contributed by atoms with E-state index in [0.29, 0.717) is 11.8 Å². The molecule has 1 nitrogen and oxygen atoms in total. The third-order valence-electron chi connectivity index (χ3n) is 2.92. The number of alkyl halides is 3. The van der Waals surface area contributed by atoms with Gasteiger partial charge in [0.25, 0.3) is 0 Å². The average molecular weight is 215 g/mol. The summed E-state index contributed by atoms with van der Waals surface area (Å²) in [6.07, 6.45) is -1.10. The summed E-state index contributed by atoms with van der Waals surface area (Å²) in [6.45, 7) is 2.11. The largest absolute Gasteiger partial charge is 0.433 e. The summed E-state index contributed by atoms with van der Waals surface area (Å²) in [5.41, 5.74) is -0.00465. The minimum atomic E-state index is -4.33. The lowest BCUT2D eigenvalue weighted by molar-refractivity contribution is -0.141. The monoisotopic (exact) mass is 215 g/mol. The first-order valence-electron chi connectivity index (χ1n) is 5.00. The molecular formula is C11H12F3N. The van der Waals surface area contributed by atoms with E-state index in [-0.39, 0.29) is 0 Å². The van der Waals surface area contributed by atoms with Crippen LogP contribution in [0.2, 0.25) is 0 Å². The van der Waals surface area contributed by atoms with Crippen molar-refractivity contribution in [1.82, 2.24) is 4.98 Å². The zero-order chi connectivity index (χ0) is 11.1. The fourth-order valence-corrected chi connectivity index (χ4v) is 2.03. The predicted molar refractivity (Wildman–Crippen MR) is 50.4 cm³/mol. The number of aromatic nitrogens is 1. The molecule has 1 aromatic rings. The molecular weight excluding hydrogens is 203 g/mol. The number of hydrogen-bond donors (Lipinski definition) is 0. The highest BCUT2D eigenvalue weighted by atomic mass is 19.4. The zero-order valence-electron chi connectivity index (χ0n) is 8.38. The van der Waals surface area contributed by atoms with E-state index in [1.165, 1.54) is 12.3 Å². The van der Waals surface area contributed by atoms with Crippen LogP contribution in [0, 0.1) is 5.92 Å². The maximum Gasteiger partial charge on any atom is 0.433 e. The minimum Gasteiger partial charge on any atom is -0.252 e. The van der Waals surface area contributed by atoms with Gasteiger partial charge in [0.15, 0.2) is 0 Å². The van der Waals surface area contributed by atoms with Crippen molar-refractivity contribution in [3.63, 3.8) is 0 Å². The van der Waals surface area contributed by atoms with Crippen LogP contribution in [0.25, 0.3) is 0 Å². The molecule has 0 N–H and O–H groups in total. The Labute approximate surface area is 86.3 Å². The molecule has 0 aliphatic heterocycles. The van der Waals surface area contributed by atoms with Crippen molar-refractivity contribution in [2.75, 3.05) is 0 Å². The number of pyridine rings is 1. The van der Waals surface area contributed by atoms with Crippen molar-refractivity contribution in [2.45, 2.75) is 31.9 Å². The maximum atomic E-state index is 12.4. The Hall–Kier alpha value is -1.06. The molecule has 0 bridgehead atoms. The fourth-order valence-electron chi connectivity index (χ4n) is 2.03. The molecule has 1 aliphatic rings. The summed E-state index contributed by atoms with van der Waals surface area (Å²) < 4.78 is 37.1. The summed E-state index contributed by atoms with van der Waals surface area (Å²) in [7, 11) is 0. The summed E-state index contributed by atoms with van der Waals surface area (Å²) in [5, 5.41) is 0. The number of rotatable bonds is 1. The van der Waals surface area contributed by atoms with E-state index in [1.54, 1.807) is 6.07 Å². The number of hydrogen-bond acceptors (Lipinski definition) is 1. The molecule has 2 rings (SSSR count). The smallest absolute Gasteiger partial charge is 0.252 e. The van der Waals surface area contributed by atoms with Crippen LogP contribution in [0.3, 0.4) is 0 Å². The van der Waals surface area contributed by atoms with E-state index in [4.69, 9.17) is 0 Å². The second-order valence-corrected chi connectivity index (χ2v) is 4.25. The summed E-state index contributed by atoms with van der Waals surface area (Å²) in [4.78, 5) is 3.35. The van der Waals surface area contributed by atoms with Crippen LogP contribution in [0.5, 0.6) is 0 Å². The molecule has 1 fully saturated rings. The van der Waals surface area contributed by atoms with Crippen molar-refractivity contribution in [3.05, 3.63) is 29.6 Å². The Balaban J connectivity index is 2.20. The summed E-state index contributed by atoms with van der Waals surface area (Å²) in [5.74, 6) is 0.932. The minimum absolute atomic E-state index is 0.295. The molecule has 1 heterocycles. The Morgan fingerprint density at radius 3 is 2.53 bits per heavy atom. The van der Waals surface area contributed by atoms with E-state index >= 15 is 0 Å². The molecule has 0 radical (unpaired) electrons. The second-order valence-electron chi connectivity index (χ2n) is 4.25. The highest BCUT2D eigenvalue weighted by molar-refractivity contribution is 5.24. The molecule has 1 aromatic heterocycles. The van der Waals surface area contributed by atoms with Gasteiger partial charge in [-0.05, 0) is 42.4 Å². The standard InChI is InChI=1S/C11H12F3N/c1-7-4-9(5-7)8-2-3-15-10(6-8)11(12,13)14/h2-3,6-7,9H,4-5H2,1H3. The van der Waals surface area contributed by atoms with Gasteiger partial charge in [-0.15, -0.1) is 0 Å². The third-order valence-corrected chi connectivity index (χ3v) is 2.92. The van der Waals surface area contributed by atoms with Crippen LogP contribution in [-0.4, -0.2) is 4.98 Å². The van der Waals surface area contributed by atoms with Crippen LogP contribution in [0.4, 0.5) is 13.2 Å². The number of nitrogens with zero attached hydrogens (tertiary/aromatic N) is 1. The molecule has 15 heavy (non-hydrogen) atoms. The van der Waals surface area contributed by atoms with Gasteiger partial charge in [-0.3, -0.25) is 4.98 Å². The molecule has 0 spiro atoms. The average Bonchev–Trinajstić information content (AvgIpc) is 2.12. The van der Waals surface area contributed by atoms with Crippen molar-refractivity contribution in [3.8, 4) is 0 Å². The normalized spacial score (nSPS) is 26.1. The van der Waals surface area contributed by atoms with Crippen molar-refractivity contribution in [2.24, 2.45) is 5.92 Å². The van der Waals surface area contributed by atoms with Crippen LogP contribution in [0.15, 0.2) is 18.3 Å². The molecule has 1 aliphatic carbocycles. The van der Waals surface area contributed by atoms with E-state index in [1.807, 2.05) is 0 Å². The first-order valence-corrected chi connectivity index (χ1v) is 5.00. The maximum absolute atomic E-state index is 12.4. The van der Waals surface area contributed by atoms with Crippen LogP contribution >= 0.6 is 0 Å².